The predicted octanol–water partition coefficient (Wildman–Crippen LogP) is 0.952. The number of rotatable bonds is 5. The van der Waals surface area contributed by atoms with E-state index in [2.05, 4.69) is 8.92 Å². The van der Waals surface area contributed by atoms with Gasteiger partial charge in [-0.2, -0.15) is 21.6 Å². The van der Waals surface area contributed by atoms with Gasteiger partial charge in [0.05, 0.1) is 12.0 Å². The van der Waals surface area contributed by atoms with Gasteiger partial charge in [-0.3, -0.25) is 0 Å². The molecular weight excluding hydrogens is 379 g/mol. The van der Waals surface area contributed by atoms with E-state index in [9.17, 15) is 34.8 Å². The Labute approximate surface area is 135 Å². The third kappa shape index (κ3) is 3.96. The number of ether oxygens (including phenoxy) is 1. The minimum Gasteiger partial charge on any atom is -0.465 e. The number of benzene rings is 1. The van der Waals surface area contributed by atoms with Crippen molar-refractivity contribution in [3.05, 3.63) is 23.8 Å². The molecule has 136 valence electrons. The fourth-order valence-corrected chi connectivity index (χ4v) is 2.79. The molecule has 1 aromatic carbocycles. The molecule has 0 aliphatic rings. The monoisotopic (exact) mass is 391 g/mol. The minimum atomic E-state index is -6.05. The van der Waals surface area contributed by atoms with E-state index in [1.54, 1.807) is 0 Å². The number of methoxy groups -OCH3 is 1. The molecule has 0 atom stereocenters. The van der Waals surface area contributed by atoms with Gasteiger partial charge in [-0.15, -0.1) is 0 Å². The number of hydrogen-bond acceptors (Lipinski definition) is 7. The van der Waals surface area contributed by atoms with Crippen molar-refractivity contribution in [2.75, 3.05) is 21.2 Å². The quantitative estimate of drug-likeness (QED) is 0.418. The SMILES string of the molecule is COC(=O)c1cc(S(=O)(=O)N(C)C)ccc1OS(=O)(=O)C(F)(F)F. The lowest BCUT2D eigenvalue weighted by atomic mass is 10.2. The highest BCUT2D eigenvalue weighted by atomic mass is 32.2. The van der Waals surface area contributed by atoms with Crippen molar-refractivity contribution in [1.29, 1.82) is 0 Å². The summed E-state index contributed by atoms with van der Waals surface area (Å²) in [4.78, 5) is 11.2. The smallest absolute Gasteiger partial charge is 0.465 e. The lowest BCUT2D eigenvalue weighted by Gasteiger charge is -2.15. The molecule has 0 amide bonds. The largest absolute Gasteiger partial charge is 0.534 e. The summed E-state index contributed by atoms with van der Waals surface area (Å²) in [6, 6.07) is 2.07. The second-order valence-electron chi connectivity index (χ2n) is 4.42. The Bertz CT molecular complexity index is 845. The third-order valence-electron chi connectivity index (χ3n) is 2.62. The van der Waals surface area contributed by atoms with Crippen molar-refractivity contribution >= 4 is 26.1 Å². The minimum absolute atomic E-state index is 0.468. The first-order valence-electron chi connectivity index (χ1n) is 5.89. The first-order chi connectivity index (χ1) is 10.7. The van der Waals surface area contributed by atoms with Gasteiger partial charge in [0, 0.05) is 14.1 Å². The second-order valence-corrected chi connectivity index (χ2v) is 8.11. The highest BCUT2D eigenvalue weighted by Crippen LogP contribution is 2.31. The fraction of sp³-hybridized carbons (Fsp3) is 0.364. The summed E-state index contributed by atoms with van der Waals surface area (Å²) in [5, 5.41) is 0. The molecule has 0 radical (unpaired) electrons. The number of sulfonamides is 1. The van der Waals surface area contributed by atoms with Crippen molar-refractivity contribution < 1.29 is 43.7 Å². The Morgan fingerprint density at radius 2 is 1.67 bits per heavy atom. The number of hydrogen-bond donors (Lipinski definition) is 0. The lowest BCUT2D eigenvalue weighted by Crippen LogP contribution is -2.29. The highest BCUT2D eigenvalue weighted by molar-refractivity contribution is 7.89. The van der Waals surface area contributed by atoms with Gasteiger partial charge in [0.2, 0.25) is 10.0 Å². The summed E-state index contributed by atoms with van der Waals surface area (Å²) in [6.07, 6.45) is 0. The average Bonchev–Trinajstić information content (AvgIpc) is 2.44. The molecule has 1 rings (SSSR count). The number of carbonyl (C=O) groups is 1. The Morgan fingerprint density at radius 1 is 1.12 bits per heavy atom. The summed E-state index contributed by atoms with van der Waals surface area (Å²) >= 11 is 0. The molecule has 0 N–H and O–H groups in total. The summed E-state index contributed by atoms with van der Waals surface area (Å²) in [6.45, 7) is 0. The van der Waals surface area contributed by atoms with Crippen LogP contribution in [0, 0.1) is 0 Å². The summed E-state index contributed by atoms with van der Waals surface area (Å²) in [7, 11) is -6.83. The van der Waals surface area contributed by atoms with Crippen LogP contribution in [0.2, 0.25) is 0 Å². The Kier molecular flexibility index (Phi) is 5.52. The number of carbonyl (C=O) groups excluding carboxylic acids is 1. The van der Waals surface area contributed by atoms with Gasteiger partial charge in [-0.1, -0.05) is 0 Å². The molecular formula is C11H12F3NO7S2. The van der Waals surface area contributed by atoms with Crippen molar-refractivity contribution in [1.82, 2.24) is 4.31 Å². The van der Waals surface area contributed by atoms with Crippen molar-refractivity contribution in [2.45, 2.75) is 10.4 Å². The molecule has 1 aromatic rings. The van der Waals surface area contributed by atoms with E-state index >= 15 is 0 Å². The molecule has 0 aliphatic carbocycles. The van der Waals surface area contributed by atoms with Crippen LogP contribution >= 0.6 is 0 Å². The zero-order valence-electron chi connectivity index (χ0n) is 12.5. The molecule has 24 heavy (non-hydrogen) atoms. The van der Waals surface area contributed by atoms with E-state index in [0.29, 0.717) is 12.1 Å². The Morgan fingerprint density at radius 3 is 2.08 bits per heavy atom. The van der Waals surface area contributed by atoms with Crippen LogP contribution in [0.5, 0.6) is 5.75 Å². The van der Waals surface area contributed by atoms with Gasteiger partial charge < -0.3 is 8.92 Å². The summed E-state index contributed by atoms with van der Waals surface area (Å²) in [5.41, 5.74) is -6.53. The lowest BCUT2D eigenvalue weighted by molar-refractivity contribution is -0.0500. The Balaban J connectivity index is 3.52. The van der Waals surface area contributed by atoms with Crippen LogP contribution in [0.15, 0.2) is 23.1 Å². The number of esters is 1. The fourth-order valence-electron chi connectivity index (χ4n) is 1.39. The highest BCUT2D eigenvalue weighted by Gasteiger charge is 2.49. The topological polar surface area (TPSA) is 107 Å². The molecule has 0 unspecified atom stereocenters. The zero-order chi connectivity index (χ0) is 18.9. The molecule has 0 aliphatic heterocycles. The van der Waals surface area contributed by atoms with Crippen LogP contribution in [0.1, 0.15) is 10.4 Å². The van der Waals surface area contributed by atoms with Crippen molar-refractivity contribution in [2.24, 2.45) is 0 Å². The van der Waals surface area contributed by atoms with E-state index < -0.39 is 47.8 Å². The number of nitrogens with zero attached hydrogens (tertiary/aromatic N) is 1. The van der Waals surface area contributed by atoms with E-state index in [0.717, 1.165) is 17.5 Å². The standard InChI is InChI=1S/C11H12F3NO7S2/c1-15(2)23(17,18)7-4-5-9(8(6-7)10(16)21-3)22-24(19,20)11(12,13)14/h4-6H,1-3H3. The van der Waals surface area contributed by atoms with Gasteiger partial charge >= 0.3 is 21.6 Å². The predicted molar refractivity (Wildman–Crippen MR) is 74.3 cm³/mol. The van der Waals surface area contributed by atoms with Crippen LogP contribution in [0.3, 0.4) is 0 Å². The van der Waals surface area contributed by atoms with Gasteiger partial charge in [0.1, 0.15) is 5.56 Å². The van der Waals surface area contributed by atoms with E-state index in [1.807, 2.05) is 0 Å². The van der Waals surface area contributed by atoms with Crippen LogP contribution in [0.4, 0.5) is 13.2 Å². The molecule has 0 saturated heterocycles. The summed E-state index contributed by atoms with van der Waals surface area (Å²) < 4.78 is 92.2. The van der Waals surface area contributed by atoms with Gasteiger partial charge in [0.25, 0.3) is 0 Å². The van der Waals surface area contributed by atoms with E-state index in [4.69, 9.17) is 0 Å². The van der Waals surface area contributed by atoms with E-state index in [1.165, 1.54) is 14.1 Å². The van der Waals surface area contributed by atoms with Crippen LogP contribution in [-0.4, -0.2) is 53.8 Å². The first-order valence-corrected chi connectivity index (χ1v) is 8.74. The van der Waals surface area contributed by atoms with Gasteiger partial charge in [0.15, 0.2) is 5.75 Å². The maximum absolute atomic E-state index is 12.4. The average molecular weight is 391 g/mol. The first kappa shape index (κ1) is 20.2. The number of halogens is 3. The normalized spacial score (nSPS) is 13.0. The number of alkyl halides is 3. The van der Waals surface area contributed by atoms with Gasteiger partial charge in [-0.05, 0) is 18.2 Å². The summed E-state index contributed by atoms with van der Waals surface area (Å²) in [5.74, 6) is -2.30. The molecule has 0 spiro atoms. The van der Waals surface area contributed by atoms with Crippen LogP contribution in [-0.2, 0) is 24.9 Å². The maximum Gasteiger partial charge on any atom is 0.534 e. The molecule has 13 heteroatoms. The molecule has 0 fully saturated rings. The van der Waals surface area contributed by atoms with Gasteiger partial charge in [-0.25, -0.2) is 17.5 Å². The third-order valence-corrected chi connectivity index (χ3v) is 5.39. The van der Waals surface area contributed by atoms with Crippen molar-refractivity contribution in [3.8, 4) is 5.75 Å². The van der Waals surface area contributed by atoms with Crippen molar-refractivity contribution in [3.63, 3.8) is 0 Å². The van der Waals surface area contributed by atoms with E-state index in [-0.39, 0.29) is 0 Å². The second kappa shape index (κ2) is 6.57. The molecule has 0 heterocycles. The molecule has 0 saturated carbocycles. The molecule has 0 bridgehead atoms. The molecule has 8 nitrogen and oxygen atoms in total. The zero-order valence-corrected chi connectivity index (χ0v) is 14.1. The molecule has 0 aromatic heterocycles. The van der Waals surface area contributed by atoms with Crippen LogP contribution < -0.4 is 4.18 Å². The Hall–Kier alpha value is -1.86. The van der Waals surface area contributed by atoms with Crippen LogP contribution in [0.25, 0.3) is 0 Å². The maximum atomic E-state index is 12.4.